The Bertz CT molecular complexity index is 1480. The zero-order chi connectivity index (χ0) is 25.6. The van der Waals surface area contributed by atoms with Crippen LogP contribution in [0.1, 0.15) is 23.0 Å². The molecule has 188 valence electrons. The number of hydrogen-bond acceptors (Lipinski definition) is 6. The van der Waals surface area contributed by atoms with Crippen LogP contribution in [-0.2, 0) is 17.9 Å². The van der Waals surface area contributed by atoms with Crippen molar-refractivity contribution >= 4 is 17.5 Å². The van der Waals surface area contributed by atoms with E-state index in [4.69, 9.17) is 13.9 Å². The van der Waals surface area contributed by atoms with Gasteiger partial charge in [0.25, 0.3) is 5.91 Å². The maximum atomic E-state index is 13.9. The minimum absolute atomic E-state index is 0.0957. The van der Waals surface area contributed by atoms with Gasteiger partial charge in [0.05, 0.1) is 12.8 Å². The maximum Gasteiger partial charge on any atom is 0.277 e. The summed E-state index contributed by atoms with van der Waals surface area (Å²) in [6.45, 7) is 2.78. The monoisotopic (exact) mass is 502 g/mol. The van der Waals surface area contributed by atoms with Crippen LogP contribution in [0.4, 0.5) is 10.1 Å². The van der Waals surface area contributed by atoms with Crippen molar-refractivity contribution in [1.82, 2.24) is 15.1 Å². The van der Waals surface area contributed by atoms with Crippen LogP contribution >= 0.6 is 0 Å². The van der Waals surface area contributed by atoms with E-state index in [2.05, 4.69) is 10.4 Å². The minimum atomic E-state index is -1.35. The summed E-state index contributed by atoms with van der Waals surface area (Å²) in [7, 11) is 0. The van der Waals surface area contributed by atoms with E-state index in [1.807, 2.05) is 0 Å². The molecule has 0 spiro atoms. The predicted molar refractivity (Wildman–Crippen MR) is 131 cm³/mol. The fourth-order valence-corrected chi connectivity index (χ4v) is 4.68. The molecular formula is C27H23FN4O5. The molecule has 6 rings (SSSR count). The number of ether oxygens (including phenoxy) is 2. The number of rotatable bonds is 5. The highest BCUT2D eigenvalue weighted by Crippen LogP contribution is 2.39. The first-order valence-corrected chi connectivity index (χ1v) is 11.8. The molecule has 2 amide bonds. The van der Waals surface area contributed by atoms with E-state index in [-0.39, 0.29) is 24.8 Å². The summed E-state index contributed by atoms with van der Waals surface area (Å²) in [4.78, 5) is 29.1. The molecule has 0 saturated heterocycles. The molecule has 0 fully saturated rings. The van der Waals surface area contributed by atoms with Gasteiger partial charge < -0.3 is 19.2 Å². The molecule has 4 aromatic rings. The molecule has 37 heavy (non-hydrogen) atoms. The molecule has 2 aromatic heterocycles. The van der Waals surface area contributed by atoms with E-state index < -0.39 is 11.4 Å². The van der Waals surface area contributed by atoms with Crippen LogP contribution in [0.3, 0.4) is 0 Å². The van der Waals surface area contributed by atoms with Crippen LogP contribution in [0.2, 0.25) is 0 Å². The van der Waals surface area contributed by atoms with E-state index in [0.29, 0.717) is 47.5 Å². The van der Waals surface area contributed by atoms with Crippen molar-refractivity contribution in [3.8, 4) is 23.0 Å². The van der Waals surface area contributed by atoms with Crippen molar-refractivity contribution < 1.29 is 27.9 Å². The molecule has 4 heterocycles. The van der Waals surface area contributed by atoms with Gasteiger partial charge in [-0.1, -0.05) is 12.1 Å². The lowest BCUT2D eigenvalue weighted by Crippen LogP contribution is -2.64. The molecule has 0 aliphatic carbocycles. The first kappa shape index (κ1) is 22.8. The molecule has 2 aliphatic rings. The number of aromatic nitrogens is 2. The average Bonchev–Trinajstić information content (AvgIpc) is 3.58. The first-order valence-electron chi connectivity index (χ1n) is 11.8. The lowest BCUT2D eigenvalue weighted by atomic mass is 9.93. The van der Waals surface area contributed by atoms with Gasteiger partial charge in [-0.3, -0.25) is 19.2 Å². The van der Waals surface area contributed by atoms with E-state index in [0.717, 1.165) is 5.56 Å². The Morgan fingerprint density at radius 1 is 1.08 bits per heavy atom. The Hall–Kier alpha value is -4.60. The van der Waals surface area contributed by atoms with Crippen molar-refractivity contribution in [2.45, 2.75) is 25.6 Å². The summed E-state index contributed by atoms with van der Waals surface area (Å²) in [6.07, 6.45) is 1.53. The third-order valence-corrected chi connectivity index (χ3v) is 6.57. The number of amides is 2. The Kier molecular flexibility index (Phi) is 5.44. The predicted octanol–water partition coefficient (Wildman–Crippen LogP) is 3.79. The van der Waals surface area contributed by atoms with Crippen LogP contribution in [-0.4, -0.2) is 40.3 Å². The second-order valence-electron chi connectivity index (χ2n) is 9.10. The number of hydrogen-bond donors (Lipinski definition) is 1. The lowest BCUT2D eigenvalue weighted by Gasteiger charge is -2.43. The summed E-state index contributed by atoms with van der Waals surface area (Å²) < 4.78 is 31.7. The van der Waals surface area contributed by atoms with Crippen molar-refractivity contribution in [2.75, 3.05) is 18.1 Å². The highest BCUT2D eigenvalue weighted by molar-refractivity contribution is 6.12. The number of nitrogens with zero attached hydrogens (tertiary/aromatic N) is 3. The van der Waals surface area contributed by atoms with Crippen LogP contribution in [0.25, 0.3) is 11.5 Å². The van der Waals surface area contributed by atoms with Crippen molar-refractivity contribution in [3.05, 3.63) is 84.0 Å². The Labute approximate surface area is 211 Å². The number of halogens is 1. The summed E-state index contributed by atoms with van der Waals surface area (Å²) in [5, 5.41) is 7.46. The topological polar surface area (TPSA) is 98.8 Å². The quantitative estimate of drug-likeness (QED) is 0.446. The van der Waals surface area contributed by atoms with Gasteiger partial charge in [0, 0.05) is 24.4 Å². The zero-order valence-electron chi connectivity index (χ0n) is 19.9. The van der Waals surface area contributed by atoms with Gasteiger partial charge in [-0.15, -0.1) is 0 Å². The number of anilines is 1. The number of furan rings is 1. The molecule has 9 nitrogen and oxygen atoms in total. The van der Waals surface area contributed by atoms with Crippen LogP contribution in [0, 0.1) is 5.82 Å². The Morgan fingerprint density at radius 2 is 1.86 bits per heavy atom. The normalized spacial score (nSPS) is 18.4. The summed E-state index contributed by atoms with van der Waals surface area (Å²) in [6, 6.07) is 16.2. The molecule has 0 saturated carbocycles. The molecule has 10 heteroatoms. The first-order chi connectivity index (χ1) is 17.9. The second-order valence-corrected chi connectivity index (χ2v) is 9.10. The minimum Gasteiger partial charge on any atom is -0.486 e. The molecule has 0 radical (unpaired) electrons. The standard InChI is InChI=1S/C27H23FN4O5/c1-27(26(34)29-15-17-4-6-18(28)7-5-17)16-31-21(14-20(30-31)22-3-2-10-35-22)25(33)32(27)19-8-9-23-24(13-19)37-12-11-36-23/h2-10,13-14H,11-12,15-16H2,1H3,(H,29,34). The van der Waals surface area contributed by atoms with E-state index >= 15 is 0 Å². The molecule has 2 aromatic carbocycles. The van der Waals surface area contributed by atoms with Crippen molar-refractivity contribution in [3.63, 3.8) is 0 Å². The molecule has 0 bridgehead atoms. The van der Waals surface area contributed by atoms with Gasteiger partial charge in [-0.25, -0.2) is 4.39 Å². The van der Waals surface area contributed by atoms with Crippen LogP contribution in [0.15, 0.2) is 71.3 Å². The molecule has 1 atom stereocenters. The highest BCUT2D eigenvalue weighted by atomic mass is 19.1. The van der Waals surface area contributed by atoms with Gasteiger partial charge in [0.1, 0.15) is 36.0 Å². The van der Waals surface area contributed by atoms with Crippen LogP contribution < -0.4 is 19.7 Å². The maximum absolute atomic E-state index is 13.9. The van der Waals surface area contributed by atoms with Gasteiger partial charge >= 0.3 is 0 Å². The number of carbonyl (C=O) groups is 2. The molecule has 1 N–H and O–H groups in total. The fourth-order valence-electron chi connectivity index (χ4n) is 4.68. The van der Waals surface area contributed by atoms with E-state index in [1.165, 1.54) is 28.0 Å². The van der Waals surface area contributed by atoms with Gasteiger partial charge in [-0.2, -0.15) is 5.10 Å². The summed E-state index contributed by atoms with van der Waals surface area (Å²) in [5.41, 5.74) is 0.684. The highest BCUT2D eigenvalue weighted by Gasteiger charge is 2.49. The third kappa shape index (κ3) is 4.00. The Morgan fingerprint density at radius 3 is 2.62 bits per heavy atom. The van der Waals surface area contributed by atoms with E-state index in [1.54, 1.807) is 55.5 Å². The zero-order valence-corrected chi connectivity index (χ0v) is 19.9. The lowest BCUT2D eigenvalue weighted by molar-refractivity contribution is -0.126. The fraction of sp³-hybridized carbons (Fsp3) is 0.222. The number of nitrogens with one attached hydrogen (secondary N) is 1. The largest absolute Gasteiger partial charge is 0.486 e. The summed E-state index contributed by atoms with van der Waals surface area (Å²) in [5.74, 6) is 0.452. The van der Waals surface area contributed by atoms with Crippen LogP contribution in [0.5, 0.6) is 11.5 Å². The number of benzene rings is 2. The van der Waals surface area contributed by atoms with Gasteiger partial charge in [-0.05, 0) is 48.9 Å². The van der Waals surface area contributed by atoms with Crippen molar-refractivity contribution in [1.29, 1.82) is 0 Å². The SMILES string of the molecule is CC1(C(=O)NCc2ccc(F)cc2)Cn2nc(-c3ccco3)cc2C(=O)N1c1ccc2c(c1)OCCO2. The Balaban J connectivity index is 1.39. The van der Waals surface area contributed by atoms with Gasteiger partial charge in [0.15, 0.2) is 17.3 Å². The van der Waals surface area contributed by atoms with E-state index in [9.17, 15) is 14.0 Å². The molecule has 2 aliphatic heterocycles. The second kappa shape index (κ2) is 8.81. The molecule has 1 unspecified atom stereocenters. The average molecular weight is 503 g/mol. The molecular weight excluding hydrogens is 479 g/mol. The number of fused-ring (bicyclic) bond motifs is 2. The summed E-state index contributed by atoms with van der Waals surface area (Å²) >= 11 is 0. The third-order valence-electron chi connectivity index (χ3n) is 6.57. The van der Waals surface area contributed by atoms with Gasteiger partial charge in [0.2, 0.25) is 5.91 Å². The number of carbonyl (C=O) groups excluding carboxylic acids is 2. The van der Waals surface area contributed by atoms with Crippen molar-refractivity contribution in [2.24, 2.45) is 0 Å². The smallest absolute Gasteiger partial charge is 0.277 e.